The van der Waals surface area contributed by atoms with Crippen LogP contribution in [0.4, 0.5) is 4.79 Å². The molecule has 3 rings (SSSR count). The molecule has 1 aliphatic heterocycles. The molecule has 0 spiro atoms. The second kappa shape index (κ2) is 5.28. The number of benzene rings is 2. The number of carbonyl (C=O) groups excluding carboxylic acids is 2. The van der Waals surface area contributed by atoms with Crippen LogP contribution in [0.1, 0.15) is 12.5 Å². The van der Waals surface area contributed by atoms with Gasteiger partial charge in [-0.25, -0.2) is 4.79 Å². The molecule has 0 aromatic heterocycles. The molecule has 1 heterocycles. The Morgan fingerprint density at radius 3 is 2.48 bits per heavy atom. The zero-order valence-corrected chi connectivity index (χ0v) is 11.5. The predicted octanol–water partition coefficient (Wildman–Crippen LogP) is 2.42. The summed E-state index contributed by atoms with van der Waals surface area (Å²) in [6.45, 7) is 2.52. The van der Waals surface area contributed by atoms with Crippen molar-refractivity contribution in [3.63, 3.8) is 0 Å². The van der Waals surface area contributed by atoms with E-state index in [1.165, 1.54) is 0 Å². The molecule has 0 bridgehead atoms. The lowest BCUT2D eigenvalue weighted by molar-refractivity contribution is -0.115. The Morgan fingerprint density at radius 1 is 1.05 bits per heavy atom. The molecule has 0 radical (unpaired) electrons. The van der Waals surface area contributed by atoms with Crippen LogP contribution in [0.3, 0.4) is 0 Å². The zero-order chi connectivity index (χ0) is 14.8. The van der Waals surface area contributed by atoms with Crippen molar-refractivity contribution in [2.75, 3.05) is 6.61 Å². The summed E-state index contributed by atoms with van der Waals surface area (Å²) in [5.74, 6) is 0.383. The molecular weight excluding hydrogens is 268 g/mol. The fourth-order valence-corrected chi connectivity index (χ4v) is 2.34. The summed E-state index contributed by atoms with van der Waals surface area (Å²) in [4.78, 5) is 22.8. The molecule has 1 aliphatic rings. The van der Waals surface area contributed by atoms with Crippen molar-refractivity contribution >= 4 is 28.8 Å². The lowest BCUT2D eigenvalue weighted by atomic mass is 10.0. The summed E-state index contributed by atoms with van der Waals surface area (Å²) in [5, 5.41) is 6.61. The molecule has 0 atom stereocenters. The fourth-order valence-electron chi connectivity index (χ4n) is 2.34. The van der Waals surface area contributed by atoms with Gasteiger partial charge in [-0.15, -0.1) is 0 Å². The van der Waals surface area contributed by atoms with Crippen molar-refractivity contribution in [2.45, 2.75) is 6.92 Å². The summed E-state index contributed by atoms with van der Waals surface area (Å²) in [6, 6.07) is 11.0. The Hall–Kier alpha value is -2.82. The van der Waals surface area contributed by atoms with Crippen LogP contribution in [-0.2, 0) is 4.79 Å². The highest BCUT2D eigenvalue weighted by atomic mass is 16.5. The monoisotopic (exact) mass is 282 g/mol. The van der Waals surface area contributed by atoms with E-state index >= 15 is 0 Å². The van der Waals surface area contributed by atoms with Gasteiger partial charge >= 0.3 is 6.03 Å². The summed E-state index contributed by atoms with van der Waals surface area (Å²) in [7, 11) is 0. The topological polar surface area (TPSA) is 67.4 Å². The van der Waals surface area contributed by atoms with Crippen LogP contribution in [0.2, 0.25) is 0 Å². The highest BCUT2D eigenvalue weighted by molar-refractivity contribution is 6.14. The second-order valence-corrected chi connectivity index (χ2v) is 4.60. The molecule has 2 N–H and O–H groups in total. The van der Waals surface area contributed by atoms with Gasteiger partial charge in [0.15, 0.2) is 0 Å². The van der Waals surface area contributed by atoms with E-state index in [1.807, 2.05) is 43.3 Å². The van der Waals surface area contributed by atoms with Gasteiger partial charge in [0.05, 0.1) is 6.61 Å². The molecule has 1 saturated heterocycles. The van der Waals surface area contributed by atoms with E-state index in [0.717, 1.165) is 22.1 Å². The van der Waals surface area contributed by atoms with Crippen molar-refractivity contribution in [3.8, 4) is 5.75 Å². The normalized spacial score (nSPS) is 16.1. The van der Waals surface area contributed by atoms with Gasteiger partial charge in [-0.1, -0.05) is 30.3 Å². The van der Waals surface area contributed by atoms with Crippen molar-refractivity contribution in [1.29, 1.82) is 0 Å². The van der Waals surface area contributed by atoms with Crippen LogP contribution < -0.4 is 15.4 Å². The molecule has 5 heteroatoms. The number of hydrogen-bond donors (Lipinski definition) is 2. The molecule has 1 fully saturated rings. The van der Waals surface area contributed by atoms with Gasteiger partial charge in [0, 0.05) is 5.39 Å². The number of nitrogens with one attached hydrogen (secondary N) is 2. The number of hydrogen-bond acceptors (Lipinski definition) is 3. The summed E-state index contributed by atoms with van der Waals surface area (Å²) in [6.07, 6.45) is 1.66. The maximum atomic E-state index is 11.6. The third-order valence-corrected chi connectivity index (χ3v) is 3.24. The van der Waals surface area contributed by atoms with Gasteiger partial charge in [0.2, 0.25) is 0 Å². The van der Waals surface area contributed by atoms with Crippen LogP contribution in [0.25, 0.3) is 16.8 Å². The molecule has 106 valence electrons. The van der Waals surface area contributed by atoms with Gasteiger partial charge in [-0.05, 0) is 30.0 Å². The third-order valence-electron chi connectivity index (χ3n) is 3.24. The Balaban J connectivity index is 2.12. The Kier molecular flexibility index (Phi) is 3.31. The molecule has 3 amide bonds. The van der Waals surface area contributed by atoms with Gasteiger partial charge in [0.1, 0.15) is 11.4 Å². The molecule has 2 aromatic carbocycles. The summed E-state index contributed by atoms with van der Waals surface area (Å²) < 4.78 is 5.61. The average Bonchev–Trinajstić information content (AvgIpc) is 2.80. The molecule has 0 saturated carbocycles. The van der Waals surface area contributed by atoms with Gasteiger partial charge in [-0.2, -0.15) is 0 Å². The third kappa shape index (κ3) is 2.45. The van der Waals surface area contributed by atoms with E-state index in [0.29, 0.717) is 6.61 Å². The number of amides is 3. The molecule has 2 aromatic rings. The lowest BCUT2D eigenvalue weighted by Gasteiger charge is -2.10. The highest BCUT2D eigenvalue weighted by Crippen LogP contribution is 2.29. The maximum Gasteiger partial charge on any atom is 0.326 e. The minimum atomic E-state index is -0.499. The largest absolute Gasteiger partial charge is 0.493 e. The first kappa shape index (κ1) is 13.2. The van der Waals surface area contributed by atoms with E-state index in [-0.39, 0.29) is 5.70 Å². The fraction of sp³-hybridized carbons (Fsp3) is 0.125. The summed E-state index contributed by atoms with van der Waals surface area (Å²) in [5.41, 5.74) is 1.09. The van der Waals surface area contributed by atoms with Gasteiger partial charge in [-0.3, -0.25) is 10.1 Å². The highest BCUT2D eigenvalue weighted by Gasteiger charge is 2.23. The van der Waals surface area contributed by atoms with Crippen molar-refractivity contribution in [1.82, 2.24) is 10.6 Å². The van der Waals surface area contributed by atoms with Crippen molar-refractivity contribution in [3.05, 3.63) is 47.7 Å². The lowest BCUT2D eigenvalue weighted by Crippen LogP contribution is -2.22. The van der Waals surface area contributed by atoms with Crippen LogP contribution >= 0.6 is 0 Å². The van der Waals surface area contributed by atoms with E-state index in [1.54, 1.807) is 6.08 Å². The first-order valence-electron chi connectivity index (χ1n) is 6.67. The zero-order valence-electron chi connectivity index (χ0n) is 11.5. The number of rotatable bonds is 3. The van der Waals surface area contributed by atoms with E-state index in [2.05, 4.69) is 10.6 Å². The molecule has 0 unspecified atom stereocenters. The van der Waals surface area contributed by atoms with E-state index in [9.17, 15) is 9.59 Å². The molecule has 0 aliphatic carbocycles. The van der Waals surface area contributed by atoms with Gasteiger partial charge in [0.25, 0.3) is 5.91 Å². The standard InChI is InChI=1S/C16H14N2O3/c1-2-21-14-8-7-10(11-5-3-4-6-12(11)14)9-13-15(19)18-16(20)17-13/h3-9H,2H2,1H3,(H2,17,18,19,20)/b13-9+. The maximum absolute atomic E-state index is 11.6. The number of fused-ring (bicyclic) bond motifs is 1. The Labute approximate surface area is 121 Å². The number of imide groups is 1. The first-order chi connectivity index (χ1) is 10.2. The minimum absolute atomic E-state index is 0.245. The number of urea groups is 1. The SMILES string of the molecule is CCOc1ccc(/C=C2/NC(=O)NC2=O)c2ccccc12. The van der Waals surface area contributed by atoms with Crippen LogP contribution in [-0.4, -0.2) is 18.5 Å². The minimum Gasteiger partial charge on any atom is -0.493 e. The quantitative estimate of drug-likeness (QED) is 0.671. The molecule has 21 heavy (non-hydrogen) atoms. The summed E-state index contributed by atoms with van der Waals surface area (Å²) >= 11 is 0. The number of carbonyl (C=O) groups is 2. The van der Waals surface area contributed by atoms with Crippen molar-refractivity contribution in [2.24, 2.45) is 0 Å². The van der Waals surface area contributed by atoms with Crippen LogP contribution in [0.5, 0.6) is 5.75 Å². The average molecular weight is 282 g/mol. The Bertz CT molecular complexity index is 765. The molecule has 5 nitrogen and oxygen atoms in total. The van der Waals surface area contributed by atoms with Crippen molar-refractivity contribution < 1.29 is 14.3 Å². The predicted molar refractivity (Wildman–Crippen MR) is 79.8 cm³/mol. The van der Waals surface area contributed by atoms with Crippen LogP contribution in [0, 0.1) is 0 Å². The smallest absolute Gasteiger partial charge is 0.326 e. The second-order valence-electron chi connectivity index (χ2n) is 4.60. The number of ether oxygens (including phenoxy) is 1. The van der Waals surface area contributed by atoms with E-state index < -0.39 is 11.9 Å². The van der Waals surface area contributed by atoms with Crippen LogP contribution in [0.15, 0.2) is 42.1 Å². The van der Waals surface area contributed by atoms with Gasteiger partial charge < -0.3 is 10.1 Å². The first-order valence-corrected chi connectivity index (χ1v) is 6.67. The Morgan fingerprint density at radius 2 is 1.81 bits per heavy atom. The van der Waals surface area contributed by atoms with E-state index in [4.69, 9.17) is 4.74 Å². The molecular formula is C16H14N2O3.